The number of hydrogen-bond donors (Lipinski definition) is 0. The standard InChI is InChI=1S/C21H26FO4P/c1-6-9-21(2,27-19-8-7-15(22)10-14(19)13-23)17-11-16(24-3)12-18(25-4)20(17)26-5/h7-8,10-13,27H,6,9H2,1-5H3. The van der Waals surface area contributed by atoms with Crippen LogP contribution >= 0.6 is 8.58 Å². The molecular weight excluding hydrogens is 366 g/mol. The second-order valence-corrected chi connectivity index (χ2v) is 8.36. The zero-order valence-corrected chi connectivity index (χ0v) is 17.4. The van der Waals surface area contributed by atoms with Gasteiger partial charge < -0.3 is 14.2 Å². The zero-order valence-electron chi connectivity index (χ0n) is 16.4. The van der Waals surface area contributed by atoms with Crippen molar-refractivity contribution < 1.29 is 23.4 Å². The summed E-state index contributed by atoms with van der Waals surface area (Å²) in [5.41, 5.74) is 1.33. The highest BCUT2D eigenvalue weighted by atomic mass is 31.1. The van der Waals surface area contributed by atoms with E-state index in [1.54, 1.807) is 33.5 Å². The van der Waals surface area contributed by atoms with Crippen molar-refractivity contribution >= 4 is 20.2 Å². The Balaban J connectivity index is 2.64. The fourth-order valence-corrected chi connectivity index (χ4v) is 5.01. The number of hydrogen-bond acceptors (Lipinski definition) is 4. The van der Waals surface area contributed by atoms with Crippen LogP contribution in [0.15, 0.2) is 30.3 Å². The molecule has 0 saturated heterocycles. The minimum absolute atomic E-state index is 0.241. The van der Waals surface area contributed by atoms with Crippen molar-refractivity contribution in [3.63, 3.8) is 0 Å². The number of halogens is 1. The summed E-state index contributed by atoms with van der Waals surface area (Å²) in [5.74, 6) is 1.50. The van der Waals surface area contributed by atoms with Gasteiger partial charge in [0.15, 0.2) is 17.8 Å². The summed E-state index contributed by atoms with van der Waals surface area (Å²) in [4.78, 5) is 11.5. The van der Waals surface area contributed by atoms with Crippen molar-refractivity contribution in [1.29, 1.82) is 0 Å². The predicted molar refractivity (Wildman–Crippen MR) is 108 cm³/mol. The summed E-state index contributed by atoms with van der Waals surface area (Å²) in [7, 11) is 5.04. The van der Waals surface area contributed by atoms with Crippen molar-refractivity contribution in [2.75, 3.05) is 21.3 Å². The number of carbonyl (C=O) groups excluding carboxylic acids is 1. The first kappa shape index (κ1) is 21.2. The molecule has 0 N–H and O–H groups in total. The maximum Gasteiger partial charge on any atom is 0.165 e. The van der Waals surface area contributed by atoms with Crippen LogP contribution < -0.4 is 19.5 Å². The number of ether oxygens (including phenoxy) is 3. The average molecular weight is 392 g/mol. The SMILES string of the molecule is CCCC(C)(Pc1ccc(F)cc1C=O)c1cc(OC)cc(OC)c1OC. The van der Waals surface area contributed by atoms with Crippen LogP contribution in [0, 0.1) is 5.82 Å². The van der Waals surface area contributed by atoms with Gasteiger partial charge in [-0.1, -0.05) is 34.9 Å². The maximum absolute atomic E-state index is 13.5. The van der Waals surface area contributed by atoms with Gasteiger partial charge in [0.2, 0.25) is 0 Å². The Labute approximate surface area is 161 Å². The molecule has 0 aliphatic heterocycles. The van der Waals surface area contributed by atoms with Gasteiger partial charge in [0, 0.05) is 22.3 Å². The number of rotatable bonds is 9. The molecule has 0 aliphatic carbocycles. The fraction of sp³-hybridized carbons (Fsp3) is 0.381. The van der Waals surface area contributed by atoms with Crippen molar-refractivity contribution in [3.05, 3.63) is 47.3 Å². The maximum atomic E-state index is 13.5. The molecule has 0 bridgehead atoms. The van der Waals surface area contributed by atoms with E-state index in [1.807, 2.05) is 6.07 Å². The van der Waals surface area contributed by atoms with Gasteiger partial charge in [0.25, 0.3) is 0 Å². The lowest BCUT2D eigenvalue weighted by Crippen LogP contribution is -2.22. The number of carbonyl (C=O) groups is 1. The molecule has 0 aromatic heterocycles. The average Bonchev–Trinajstić information content (AvgIpc) is 2.68. The summed E-state index contributed by atoms with van der Waals surface area (Å²) in [6.07, 6.45) is 2.50. The van der Waals surface area contributed by atoms with Crippen molar-refractivity contribution in [2.24, 2.45) is 0 Å². The Hall–Kier alpha value is -2.13. The van der Waals surface area contributed by atoms with Gasteiger partial charge in [-0.25, -0.2) is 4.39 Å². The van der Waals surface area contributed by atoms with E-state index in [4.69, 9.17) is 14.2 Å². The Morgan fingerprint density at radius 3 is 2.41 bits per heavy atom. The van der Waals surface area contributed by atoms with Gasteiger partial charge in [-0.15, -0.1) is 0 Å². The molecule has 146 valence electrons. The molecule has 4 nitrogen and oxygen atoms in total. The lowest BCUT2D eigenvalue weighted by molar-refractivity contribution is 0.112. The van der Waals surface area contributed by atoms with E-state index in [2.05, 4.69) is 13.8 Å². The molecule has 2 aromatic carbocycles. The Kier molecular flexibility index (Phi) is 7.20. The highest BCUT2D eigenvalue weighted by molar-refractivity contribution is 7.48. The van der Waals surface area contributed by atoms with E-state index in [9.17, 15) is 9.18 Å². The molecule has 0 aliphatic rings. The second-order valence-electron chi connectivity index (χ2n) is 6.47. The van der Waals surface area contributed by atoms with Crippen LogP contribution in [0.5, 0.6) is 17.2 Å². The highest BCUT2D eigenvalue weighted by Crippen LogP contribution is 2.51. The number of methoxy groups -OCH3 is 3. The van der Waals surface area contributed by atoms with Gasteiger partial charge in [0.05, 0.1) is 21.3 Å². The minimum atomic E-state index is -0.413. The second kappa shape index (κ2) is 9.18. The van der Waals surface area contributed by atoms with Gasteiger partial charge in [-0.2, -0.15) is 0 Å². The molecule has 6 heteroatoms. The third-order valence-corrected chi connectivity index (χ3v) is 6.38. The largest absolute Gasteiger partial charge is 0.497 e. The molecule has 0 saturated carbocycles. The van der Waals surface area contributed by atoms with Crippen LogP contribution in [0.4, 0.5) is 4.39 Å². The van der Waals surface area contributed by atoms with Gasteiger partial charge in [0.1, 0.15) is 11.6 Å². The molecule has 0 fully saturated rings. The monoisotopic (exact) mass is 392 g/mol. The molecule has 2 aromatic rings. The first-order valence-corrected chi connectivity index (χ1v) is 9.75. The molecule has 27 heavy (non-hydrogen) atoms. The highest BCUT2D eigenvalue weighted by Gasteiger charge is 2.32. The van der Waals surface area contributed by atoms with Crippen LogP contribution in [0.1, 0.15) is 42.6 Å². The topological polar surface area (TPSA) is 44.8 Å². The van der Waals surface area contributed by atoms with Crippen LogP contribution in [-0.2, 0) is 5.16 Å². The van der Waals surface area contributed by atoms with E-state index < -0.39 is 5.82 Å². The smallest absolute Gasteiger partial charge is 0.165 e. The minimum Gasteiger partial charge on any atom is -0.497 e. The van der Waals surface area contributed by atoms with Crippen LogP contribution in [0.25, 0.3) is 0 Å². The first-order valence-electron chi connectivity index (χ1n) is 8.75. The Morgan fingerprint density at radius 2 is 1.85 bits per heavy atom. The summed E-state index contributed by atoms with van der Waals surface area (Å²) >= 11 is 0. The van der Waals surface area contributed by atoms with E-state index in [-0.39, 0.29) is 13.7 Å². The first-order chi connectivity index (χ1) is 12.9. The Morgan fingerprint density at radius 1 is 1.11 bits per heavy atom. The quantitative estimate of drug-likeness (QED) is 0.459. The normalized spacial score (nSPS) is 13.4. The summed E-state index contributed by atoms with van der Waals surface area (Å²) in [6, 6.07) is 8.10. The molecular formula is C21H26FO4P. The predicted octanol–water partition coefficient (Wildman–Crippen LogP) is 4.68. The molecule has 0 amide bonds. The van der Waals surface area contributed by atoms with Crippen LogP contribution in [0.2, 0.25) is 0 Å². The van der Waals surface area contributed by atoms with Gasteiger partial charge in [-0.3, -0.25) is 4.79 Å². The summed E-state index contributed by atoms with van der Waals surface area (Å²) < 4.78 is 30.2. The van der Waals surface area contributed by atoms with Crippen LogP contribution in [-0.4, -0.2) is 27.6 Å². The molecule has 2 rings (SSSR count). The number of aldehydes is 1. The molecule has 2 atom stereocenters. The van der Waals surface area contributed by atoms with E-state index >= 15 is 0 Å². The van der Waals surface area contributed by atoms with E-state index in [0.29, 0.717) is 29.1 Å². The lowest BCUT2D eigenvalue weighted by Gasteiger charge is -2.33. The van der Waals surface area contributed by atoms with Gasteiger partial charge in [-0.05, 0) is 29.9 Å². The van der Waals surface area contributed by atoms with E-state index in [1.165, 1.54) is 12.1 Å². The van der Waals surface area contributed by atoms with Gasteiger partial charge >= 0.3 is 0 Å². The van der Waals surface area contributed by atoms with Crippen molar-refractivity contribution in [2.45, 2.75) is 31.8 Å². The fourth-order valence-electron chi connectivity index (χ4n) is 3.27. The number of benzene rings is 2. The Bertz CT molecular complexity index is 809. The molecule has 0 heterocycles. The lowest BCUT2D eigenvalue weighted by atomic mass is 9.93. The third-order valence-electron chi connectivity index (χ3n) is 4.58. The molecule has 0 spiro atoms. The van der Waals surface area contributed by atoms with E-state index in [0.717, 1.165) is 23.7 Å². The third kappa shape index (κ3) is 4.59. The molecule has 2 unspecified atom stereocenters. The van der Waals surface area contributed by atoms with Crippen molar-refractivity contribution in [3.8, 4) is 17.2 Å². The van der Waals surface area contributed by atoms with Crippen LogP contribution in [0.3, 0.4) is 0 Å². The summed E-state index contributed by atoms with van der Waals surface area (Å²) in [6.45, 7) is 4.24. The molecule has 0 radical (unpaired) electrons. The zero-order chi connectivity index (χ0) is 20.0. The summed E-state index contributed by atoms with van der Waals surface area (Å²) in [5, 5.41) is 0.489. The van der Waals surface area contributed by atoms with Crippen molar-refractivity contribution in [1.82, 2.24) is 0 Å².